The lowest BCUT2D eigenvalue weighted by Gasteiger charge is -2.08. The van der Waals surface area contributed by atoms with Gasteiger partial charge in [0, 0.05) is 28.9 Å². The van der Waals surface area contributed by atoms with E-state index in [-0.39, 0.29) is 17.2 Å². The Labute approximate surface area is 241 Å². The Bertz CT molecular complexity index is 2150. The number of thiophene rings is 1. The standard InChI is InChI=1S/C31H20FN7O2S/c1-16(40)24-7-8-25(42-24)29-28-23(9-10-34-29)36-30(37-28)27-21-12-18(13-22(32)26(21)38-39-27)19-11-20(15-33-14-19)35-31(41)17-5-3-2-4-6-17/h2-15H,1H3,(H,35,41)(H,36,37)(H,38,39). The summed E-state index contributed by atoms with van der Waals surface area (Å²) in [7, 11) is 0. The Morgan fingerprint density at radius 1 is 0.952 bits per heavy atom. The van der Waals surface area contributed by atoms with Gasteiger partial charge in [-0.15, -0.1) is 11.3 Å². The van der Waals surface area contributed by atoms with E-state index in [1.807, 2.05) is 18.2 Å². The topological polar surface area (TPSA) is 129 Å². The lowest BCUT2D eigenvalue weighted by atomic mass is 10.0. The zero-order valence-corrected chi connectivity index (χ0v) is 22.8. The molecule has 0 bridgehead atoms. The van der Waals surface area contributed by atoms with Crippen LogP contribution < -0.4 is 5.32 Å². The van der Waals surface area contributed by atoms with E-state index in [9.17, 15) is 9.59 Å². The number of carbonyl (C=O) groups is 2. The second kappa shape index (κ2) is 10.1. The number of aromatic amines is 2. The molecule has 0 fully saturated rings. The zero-order valence-electron chi connectivity index (χ0n) is 22.0. The van der Waals surface area contributed by atoms with E-state index in [0.29, 0.717) is 55.4 Å². The zero-order chi connectivity index (χ0) is 28.8. The van der Waals surface area contributed by atoms with Crippen LogP contribution in [0.1, 0.15) is 27.0 Å². The van der Waals surface area contributed by atoms with Gasteiger partial charge in [0.2, 0.25) is 0 Å². The fourth-order valence-corrected chi connectivity index (χ4v) is 5.67. The van der Waals surface area contributed by atoms with Crippen LogP contribution in [-0.2, 0) is 0 Å². The minimum Gasteiger partial charge on any atom is -0.336 e. The van der Waals surface area contributed by atoms with Crippen LogP contribution in [0.5, 0.6) is 0 Å². The number of H-pyrrole nitrogens is 2. The van der Waals surface area contributed by atoms with Gasteiger partial charge >= 0.3 is 0 Å². The molecule has 42 heavy (non-hydrogen) atoms. The Kier molecular flexibility index (Phi) is 6.13. The maximum absolute atomic E-state index is 15.3. The van der Waals surface area contributed by atoms with Crippen molar-refractivity contribution in [2.45, 2.75) is 6.92 Å². The Morgan fingerprint density at radius 3 is 2.62 bits per heavy atom. The van der Waals surface area contributed by atoms with Gasteiger partial charge in [0.15, 0.2) is 11.6 Å². The summed E-state index contributed by atoms with van der Waals surface area (Å²) in [5, 5.41) is 10.5. The summed E-state index contributed by atoms with van der Waals surface area (Å²) in [5.41, 5.74) is 4.82. The first-order chi connectivity index (χ1) is 20.4. The van der Waals surface area contributed by atoms with Crippen LogP contribution in [0.2, 0.25) is 0 Å². The normalized spacial score (nSPS) is 11.3. The van der Waals surface area contributed by atoms with Crippen molar-refractivity contribution in [3.63, 3.8) is 0 Å². The summed E-state index contributed by atoms with van der Waals surface area (Å²) in [5.74, 6) is -0.338. The number of halogens is 1. The number of rotatable bonds is 6. The second-order valence-corrected chi connectivity index (χ2v) is 10.7. The summed E-state index contributed by atoms with van der Waals surface area (Å²) < 4.78 is 15.3. The summed E-state index contributed by atoms with van der Waals surface area (Å²) in [6.45, 7) is 1.53. The monoisotopic (exact) mass is 573 g/mol. The highest BCUT2D eigenvalue weighted by Gasteiger charge is 2.19. The largest absolute Gasteiger partial charge is 0.336 e. The van der Waals surface area contributed by atoms with E-state index in [0.717, 1.165) is 10.4 Å². The van der Waals surface area contributed by atoms with E-state index in [1.54, 1.807) is 54.9 Å². The number of anilines is 1. The van der Waals surface area contributed by atoms with Crippen LogP contribution >= 0.6 is 11.3 Å². The molecule has 0 saturated carbocycles. The van der Waals surface area contributed by atoms with Crippen molar-refractivity contribution >= 4 is 50.7 Å². The van der Waals surface area contributed by atoms with Crippen LogP contribution in [-0.4, -0.2) is 41.8 Å². The number of imidazole rings is 1. The van der Waals surface area contributed by atoms with Gasteiger partial charge in [-0.3, -0.25) is 24.7 Å². The Hall–Kier alpha value is -5.55. The van der Waals surface area contributed by atoms with Gasteiger partial charge in [-0.05, 0) is 61.0 Å². The number of aromatic nitrogens is 6. The van der Waals surface area contributed by atoms with Crippen molar-refractivity contribution < 1.29 is 14.0 Å². The molecular weight excluding hydrogens is 553 g/mol. The van der Waals surface area contributed by atoms with Crippen LogP contribution in [0.3, 0.4) is 0 Å². The fraction of sp³-hybridized carbons (Fsp3) is 0.0323. The lowest BCUT2D eigenvalue weighted by molar-refractivity contribution is 0.101. The molecule has 0 spiro atoms. The first-order valence-electron chi connectivity index (χ1n) is 12.9. The summed E-state index contributed by atoms with van der Waals surface area (Å²) in [6, 6.07) is 19.2. The van der Waals surface area contributed by atoms with Gasteiger partial charge in [-0.2, -0.15) is 5.10 Å². The number of pyridine rings is 2. The first kappa shape index (κ1) is 25.4. The predicted molar refractivity (Wildman–Crippen MR) is 160 cm³/mol. The van der Waals surface area contributed by atoms with E-state index in [1.165, 1.54) is 30.5 Å². The lowest BCUT2D eigenvalue weighted by Crippen LogP contribution is -2.11. The molecule has 7 aromatic rings. The second-order valence-electron chi connectivity index (χ2n) is 9.60. The van der Waals surface area contributed by atoms with Crippen LogP contribution in [0.25, 0.3) is 55.2 Å². The molecule has 1 amide bonds. The van der Waals surface area contributed by atoms with Gasteiger partial charge < -0.3 is 10.3 Å². The highest BCUT2D eigenvalue weighted by Crippen LogP contribution is 2.35. The quantitative estimate of drug-likeness (QED) is 0.186. The molecule has 0 aliphatic rings. The van der Waals surface area contributed by atoms with E-state index in [4.69, 9.17) is 4.98 Å². The van der Waals surface area contributed by atoms with E-state index >= 15 is 4.39 Å². The van der Waals surface area contributed by atoms with Crippen molar-refractivity contribution in [2.24, 2.45) is 0 Å². The molecule has 7 rings (SSSR count). The molecule has 9 nitrogen and oxygen atoms in total. The minimum absolute atomic E-state index is 0.0127. The molecule has 3 N–H and O–H groups in total. The van der Waals surface area contributed by atoms with Gasteiger partial charge in [-0.25, -0.2) is 9.37 Å². The predicted octanol–water partition coefficient (Wildman–Crippen LogP) is 6.89. The number of nitrogens with one attached hydrogen (secondary N) is 3. The van der Waals surface area contributed by atoms with Gasteiger partial charge in [0.05, 0.1) is 27.2 Å². The number of carbonyl (C=O) groups excluding carboxylic acids is 2. The van der Waals surface area contributed by atoms with E-state index < -0.39 is 5.82 Å². The van der Waals surface area contributed by atoms with Crippen LogP contribution in [0.4, 0.5) is 10.1 Å². The number of ketones is 1. The molecule has 204 valence electrons. The van der Waals surface area contributed by atoms with Crippen molar-refractivity contribution in [3.05, 3.63) is 102 Å². The number of Topliss-reactive ketones (excluding diaryl/α,β-unsaturated/α-hetero) is 1. The Balaban J connectivity index is 1.27. The third kappa shape index (κ3) is 4.51. The molecule has 0 atom stereocenters. The summed E-state index contributed by atoms with van der Waals surface area (Å²) >= 11 is 1.35. The number of amides is 1. The third-order valence-electron chi connectivity index (χ3n) is 6.80. The average molecular weight is 574 g/mol. The van der Waals surface area contributed by atoms with Crippen molar-refractivity contribution in [3.8, 4) is 33.2 Å². The van der Waals surface area contributed by atoms with Crippen LogP contribution in [0.15, 0.2) is 85.3 Å². The molecular formula is C31H20FN7O2S. The van der Waals surface area contributed by atoms with Crippen molar-refractivity contribution in [2.75, 3.05) is 5.32 Å². The molecule has 0 radical (unpaired) electrons. The van der Waals surface area contributed by atoms with Crippen LogP contribution in [0, 0.1) is 5.82 Å². The number of hydrogen-bond acceptors (Lipinski definition) is 7. The van der Waals surface area contributed by atoms with Gasteiger partial charge in [0.1, 0.15) is 28.2 Å². The molecule has 2 aromatic carbocycles. The average Bonchev–Trinajstić information content (AvgIpc) is 3.76. The number of nitrogens with zero attached hydrogens (tertiary/aromatic N) is 4. The smallest absolute Gasteiger partial charge is 0.255 e. The molecule has 11 heteroatoms. The highest BCUT2D eigenvalue weighted by atomic mass is 32.1. The molecule has 5 heterocycles. The summed E-state index contributed by atoms with van der Waals surface area (Å²) in [4.78, 5) is 42.7. The Morgan fingerprint density at radius 2 is 1.81 bits per heavy atom. The number of hydrogen-bond donors (Lipinski definition) is 3. The van der Waals surface area contributed by atoms with Gasteiger partial charge in [0.25, 0.3) is 5.91 Å². The molecule has 0 aliphatic carbocycles. The first-order valence-corrected chi connectivity index (χ1v) is 13.7. The maximum Gasteiger partial charge on any atom is 0.255 e. The van der Waals surface area contributed by atoms with Gasteiger partial charge in [-0.1, -0.05) is 18.2 Å². The minimum atomic E-state index is -0.492. The SMILES string of the molecule is CC(=O)c1ccc(-c2nccc3[nH]c(-c4n[nH]c5c(F)cc(-c6cncc(NC(=O)c7ccccc7)c6)cc45)nc23)s1. The molecule has 0 aliphatic heterocycles. The number of benzene rings is 2. The molecule has 5 aromatic heterocycles. The maximum atomic E-state index is 15.3. The fourth-order valence-electron chi connectivity index (χ4n) is 4.77. The molecule has 0 unspecified atom stereocenters. The number of fused-ring (bicyclic) bond motifs is 2. The van der Waals surface area contributed by atoms with E-state index in [2.05, 4.69) is 30.5 Å². The summed E-state index contributed by atoms with van der Waals surface area (Å²) in [6.07, 6.45) is 4.81. The van der Waals surface area contributed by atoms with Crippen molar-refractivity contribution in [1.82, 2.24) is 30.1 Å². The highest BCUT2D eigenvalue weighted by molar-refractivity contribution is 7.17. The van der Waals surface area contributed by atoms with Crippen molar-refractivity contribution in [1.29, 1.82) is 0 Å². The molecule has 0 saturated heterocycles. The third-order valence-corrected chi connectivity index (χ3v) is 7.99.